The van der Waals surface area contributed by atoms with Crippen molar-refractivity contribution in [3.05, 3.63) is 330 Å². The Bertz CT molecular complexity index is 4030. The minimum atomic E-state index is -3.02. The molecule has 552 valence electrons. The monoisotopic (exact) mass is 1440 g/mol. The first kappa shape index (κ1) is 91.8. The Morgan fingerprint density at radius 1 is 0.404 bits per heavy atom. The van der Waals surface area contributed by atoms with Crippen LogP contribution in [0.25, 0.3) is 11.1 Å². The van der Waals surface area contributed by atoms with Gasteiger partial charge in [0.1, 0.15) is 43.3 Å². The Hall–Kier alpha value is -10.2. The molecule has 14 heteroatoms. The molecule has 0 N–H and O–H groups in total. The smallest absolute Gasteiger partial charge is 0.303 e. The normalized spacial score (nSPS) is 10.5. The van der Waals surface area contributed by atoms with E-state index in [4.69, 9.17) is 14.2 Å². The van der Waals surface area contributed by atoms with Gasteiger partial charge in [0.15, 0.2) is 9.84 Å². The van der Waals surface area contributed by atoms with Gasteiger partial charge < -0.3 is 33.2 Å². The van der Waals surface area contributed by atoms with Crippen LogP contribution in [0, 0.1) is 6.92 Å². The Morgan fingerprint density at radius 2 is 0.692 bits per heavy atom. The maximum absolute atomic E-state index is 12.6. The van der Waals surface area contributed by atoms with Crippen molar-refractivity contribution < 1.29 is 56.0 Å². The van der Waals surface area contributed by atoms with Crippen LogP contribution in [0.15, 0.2) is 290 Å². The topological polar surface area (TPSA) is 181 Å². The molecule has 0 aromatic heterocycles. The van der Waals surface area contributed by atoms with Crippen molar-refractivity contribution in [1.29, 1.82) is 0 Å². The van der Waals surface area contributed by atoms with Crippen LogP contribution >= 0.6 is 7.14 Å². The number of ketones is 3. The van der Waals surface area contributed by atoms with Gasteiger partial charge in [0.25, 0.3) is 0 Å². The Labute approximate surface area is 621 Å². The summed E-state index contributed by atoms with van der Waals surface area (Å²) in [4.78, 5) is 60.3. The van der Waals surface area contributed by atoms with E-state index in [-0.39, 0.29) is 59.6 Å². The third-order valence-electron chi connectivity index (χ3n) is 14.4. The fourth-order valence-corrected chi connectivity index (χ4v) is 12.1. The molecule has 10 aromatic carbocycles. The number of carbonyl (C=O) groups excluding carboxylic acids is 6. The lowest BCUT2D eigenvalue weighted by Crippen LogP contribution is -2.25. The number of sulfone groups is 1. The molecule has 0 unspecified atom stereocenters. The average Bonchev–Trinajstić information content (AvgIpc) is 1.35. The van der Waals surface area contributed by atoms with Gasteiger partial charge in [-0.1, -0.05) is 293 Å². The van der Waals surface area contributed by atoms with Gasteiger partial charge in [-0.3, -0.25) is 14.4 Å². The first-order valence-corrected chi connectivity index (χ1v) is 37.9. The highest BCUT2D eigenvalue weighted by atomic mass is 32.2. The van der Waals surface area contributed by atoms with E-state index in [0.29, 0.717) is 18.1 Å². The lowest BCUT2D eigenvalue weighted by Gasteiger charge is -2.31. The number of rotatable bonds is 11. The zero-order chi connectivity index (χ0) is 77.0. The molecule has 0 bridgehead atoms. The molecular weight excluding hydrogens is 1340 g/mol. The van der Waals surface area contributed by atoms with E-state index >= 15 is 0 Å². The van der Waals surface area contributed by atoms with Gasteiger partial charge in [0.05, 0.1) is 4.90 Å². The van der Waals surface area contributed by atoms with Crippen LogP contribution in [0.4, 0.5) is 0 Å². The molecule has 0 heterocycles. The van der Waals surface area contributed by atoms with Crippen molar-refractivity contribution in [1.82, 2.24) is 0 Å². The molecule has 11 rings (SSSR count). The van der Waals surface area contributed by atoms with Crippen molar-refractivity contribution >= 4 is 62.8 Å². The summed E-state index contributed by atoms with van der Waals surface area (Å²) in [5.74, 6) is -0.0236. The first-order valence-electron chi connectivity index (χ1n) is 33.9. The second kappa shape index (κ2) is 48.6. The Kier molecular flexibility index (Phi) is 42.9. The SMILES string of the molecule is C.CC(=O)OC(C)(C)C.CC(=O)OCC1c2ccccc2-c2ccccc21.CC(=O)OCc1ccccc1.CC(C)=O.CC(C)=O.CC(C)=O.CC(c1ccccc1)(c1ccccc1)c1ccccc1.CCc1ccccc1.CP(=O)(c1ccccc1)c1ccccc1.Cc1ccc(S(C)(=O)=O)cc1. The third-order valence-corrected chi connectivity index (χ3v) is 18.1. The van der Waals surface area contributed by atoms with E-state index in [1.165, 1.54) is 113 Å². The number of ether oxygens (including phenoxy) is 3. The number of carbonyl (C=O) groups is 6. The van der Waals surface area contributed by atoms with Gasteiger partial charge in [0.2, 0.25) is 0 Å². The average molecular weight is 1450 g/mol. The summed E-state index contributed by atoms with van der Waals surface area (Å²) in [6, 6.07) is 94.9. The Balaban J connectivity index is 0.000000602. The van der Waals surface area contributed by atoms with E-state index in [2.05, 4.69) is 153 Å². The van der Waals surface area contributed by atoms with Gasteiger partial charge in [0, 0.05) is 49.0 Å². The highest BCUT2D eigenvalue weighted by molar-refractivity contribution is 7.90. The van der Waals surface area contributed by atoms with E-state index in [1.807, 2.05) is 156 Å². The molecule has 10 aromatic rings. The number of hydrogen-bond acceptors (Lipinski definition) is 12. The van der Waals surface area contributed by atoms with Crippen LogP contribution in [0.5, 0.6) is 0 Å². The lowest BCUT2D eigenvalue weighted by atomic mass is 9.71. The second-order valence-corrected chi connectivity index (χ2v) is 30.4. The number of benzene rings is 10. The Morgan fingerprint density at radius 3 is 0.962 bits per heavy atom. The molecule has 0 radical (unpaired) electrons. The maximum Gasteiger partial charge on any atom is 0.303 e. The summed E-state index contributed by atoms with van der Waals surface area (Å²) < 4.78 is 49.3. The van der Waals surface area contributed by atoms with Crippen molar-refractivity contribution in [2.75, 3.05) is 19.5 Å². The van der Waals surface area contributed by atoms with Crippen LogP contribution in [-0.2, 0) is 75.8 Å². The molecule has 104 heavy (non-hydrogen) atoms. The molecule has 0 atom stereocenters. The molecule has 0 fully saturated rings. The standard InChI is InChI=1S/C20H18.C16H14O2.C13H13OP.C9H10O2.C8H10O2S.C8H10.C6H12O2.3C3H6O.CH4/c1-20(17-11-5-2-6-12-17,18-13-7-3-8-14-18)19-15-9-4-10-16-19;1-11(17)18-10-16-14-8-4-2-6-12(14)13-7-3-5-9-15(13)16;1-15(14,12-8-4-2-5-9-12)13-10-6-3-7-11-13;1-8(10)11-7-9-5-3-2-4-6-9;1-7-3-5-8(6-4-7)11(2,9)10;1-2-8-6-4-3-5-7-8;1-5(7)8-6(2,3)4;3*1-3(2)4;/h2-16H,1H3;2-9,16H,10H2,1H3;2-11H,1H3;2-6H,7H2,1H3;3-6H,1-2H3;3-7H,2H2,1H3;1-4H3;3*1-2H3;1H4. The number of hydrogen-bond donors (Lipinski definition) is 0. The van der Waals surface area contributed by atoms with Gasteiger partial charge in [-0.25, -0.2) is 8.42 Å². The predicted molar refractivity (Wildman–Crippen MR) is 430 cm³/mol. The summed E-state index contributed by atoms with van der Waals surface area (Å²) in [7, 11) is -5.42. The molecule has 12 nitrogen and oxygen atoms in total. The first-order chi connectivity index (χ1) is 48.6. The molecular formula is C90H109O12PS. The number of aryl methyl sites for hydroxylation is 2. The highest BCUT2D eigenvalue weighted by Crippen LogP contribution is 2.45. The van der Waals surface area contributed by atoms with Crippen LogP contribution in [0.1, 0.15) is 155 Å². The highest BCUT2D eigenvalue weighted by Gasteiger charge is 2.31. The van der Waals surface area contributed by atoms with E-state index in [1.54, 1.807) is 24.3 Å². The molecule has 0 aliphatic heterocycles. The van der Waals surface area contributed by atoms with Crippen LogP contribution in [-0.4, -0.2) is 68.8 Å². The molecule has 0 saturated carbocycles. The van der Waals surface area contributed by atoms with E-state index < -0.39 is 17.0 Å². The van der Waals surface area contributed by atoms with Gasteiger partial charge in [-0.05, 0) is 151 Å². The van der Waals surface area contributed by atoms with Crippen LogP contribution in [0.2, 0.25) is 0 Å². The molecule has 0 spiro atoms. The minimum absolute atomic E-state index is 0. The second-order valence-electron chi connectivity index (χ2n) is 25.5. The number of Topliss-reactive ketones (excluding diaryl/α,β-unsaturated/α-hetero) is 3. The fourth-order valence-electron chi connectivity index (χ4n) is 9.72. The maximum atomic E-state index is 12.6. The van der Waals surface area contributed by atoms with Gasteiger partial charge in [-0.2, -0.15) is 0 Å². The van der Waals surface area contributed by atoms with E-state index in [0.717, 1.165) is 28.2 Å². The molecule has 0 saturated heterocycles. The zero-order valence-corrected chi connectivity index (χ0v) is 64.8. The quantitative estimate of drug-likeness (QED) is 0.0518. The number of esters is 3. The van der Waals surface area contributed by atoms with Crippen LogP contribution < -0.4 is 10.6 Å². The van der Waals surface area contributed by atoms with Crippen molar-refractivity contribution in [3.8, 4) is 11.1 Å². The molecule has 1 aliphatic carbocycles. The third kappa shape index (κ3) is 37.1. The van der Waals surface area contributed by atoms with Gasteiger partial charge in [-0.15, -0.1) is 0 Å². The van der Waals surface area contributed by atoms with Crippen molar-refractivity contribution in [2.45, 2.75) is 146 Å². The summed E-state index contributed by atoms with van der Waals surface area (Å²) in [6.45, 7) is 27.9. The molecule has 0 amide bonds. The predicted octanol–water partition coefficient (Wildman–Crippen LogP) is 20.2. The zero-order valence-electron chi connectivity index (χ0n) is 63.1. The molecule has 1 aliphatic rings. The lowest BCUT2D eigenvalue weighted by molar-refractivity contribution is -0.152. The van der Waals surface area contributed by atoms with Gasteiger partial charge >= 0.3 is 17.9 Å². The summed E-state index contributed by atoms with van der Waals surface area (Å²) >= 11 is 0. The van der Waals surface area contributed by atoms with Crippen LogP contribution in [0.3, 0.4) is 0 Å². The fraction of sp³-hybridized carbons (Fsp3) is 0.267. The summed E-state index contributed by atoms with van der Waals surface area (Å²) in [5, 5.41) is 1.83. The number of fused-ring (bicyclic) bond motifs is 3. The van der Waals surface area contributed by atoms with E-state index in [9.17, 15) is 41.8 Å². The van der Waals surface area contributed by atoms with Crippen molar-refractivity contribution in [2.24, 2.45) is 0 Å². The minimum Gasteiger partial charge on any atom is -0.465 e. The summed E-state index contributed by atoms with van der Waals surface area (Å²) in [6.07, 6.45) is 2.35. The summed E-state index contributed by atoms with van der Waals surface area (Å²) in [5.41, 5.74) is 12.0. The van der Waals surface area contributed by atoms with Crippen molar-refractivity contribution in [3.63, 3.8) is 0 Å². The largest absolute Gasteiger partial charge is 0.465 e.